The molecule has 0 saturated carbocycles. The Morgan fingerprint density at radius 1 is 1.32 bits per heavy atom. The summed E-state index contributed by atoms with van der Waals surface area (Å²) in [4.78, 5) is 16.1. The van der Waals surface area contributed by atoms with E-state index in [9.17, 15) is 14.3 Å². The molecule has 0 radical (unpaired) electrons. The van der Waals surface area contributed by atoms with Gasteiger partial charge in [-0.2, -0.15) is 0 Å². The third kappa shape index (κ3) is 2.96. The number of nitrogens with one attached hydrogen (secondary N) is 1. The molecule has 0 aliphatic carbocycles. The second-order valence-corrected chi connectivity index (χ2v) is 4.92. The van der Waals surface area contributed by atoms with Crippen molar-refractivity contribution in [3.63, 3.8) is 0 Å². The molecule has 22 heavy (non-hydrogen) atoms. The molecule has 0 bridgehead atoms. The second-order valence-electron chi connectivity index (χ2n) is 4.92. The number of hydrogen-bond donors (Lipinski definition) is 2. The maximum Gasteiger partial charge on any atom is 0.251 e. The third-order valence-corrected chi connectivity index (χ3v) is 3.39. The molecule has 0 spiro atoms. The van der Waals surface area contributed by atoms with Gasteiger partial charge < -0.3 is 14.8 Å². The van der Waals surface area contributed by atoms with Crippen LogP contribution in [0.15, 0.2) is 55.1 Å². The van der Waals surface area contributed by atoms with E-state index in [0.29, 0.717) is 11.1 Å². The number of rotatable bonds is 4. The second kappa shape index (κ2) is 5.95. The molecule has 6 heteroatoms. The van der Waals surface area contributed by atoms with E-state index in [1.54, 1.807) is 35.3 Å². The lowest BCUT2D eigenvalue weighted by Gasteiger charge is -2.12. The summed E-state index contributed by atoms with van der Waals surface area (Å²) in [7, 11) is 0. The van der Waals surface area contributed by atoms with Gasteiger partial charge in [0.1, 0.15) is 5.82 Å². The summed E-state index contributed by atoms with van der Waals surface area (Å²) in [5, 5.41) is 12.7. The molecule has 3 aromatic rings. The van der Waals surface area contributed by atoms with Crippen LogP contribution >= 0.6 is 0 Å². The molecule has 1 atom stereocenters. The lowest BCUT2D eigenvalue weighted by molar-refractivity contribution is 0.0916. The van der Waals surface area contributed by atoms with Gasteiger partial charge in [-0.1, -0.05) is 12.1 Å². The molecule has 5 nitrogen and oxygen atoms in total. The molecular weight excluding hydrogens is 285 g/mol. The molecule has 2 heterocycles. The topological polar surface area (TPSA) is 66.6 Å². The Labute approximate surface area is 126 Å². The SMILES string of the molecule is O=C(NCC(O)c1ccc(F)cc1)c1ccn2cncc2c1. The normalized spacial score (nSPS) is 12.3. The Hall–Kier alpha value is -2.73. The summed E-state index contributed by atoms with van der Waals surface area (Å²) in [6.07, 6.45) is 4.16. The number of halogens is 1. The Morgan fingerprint density at radius 3 is 2.86 bits per heavy atom. The summed E-state index contributed by atoms with van der Waals surface area (Å²) < 4.78 is 14.6. The van der Waals surface area contributed by atoms with Gasteiger partial charge in [0.25, 0.3) is 5.91 Å². The third-order valence-electron chi connectivity index (χ3n) is 3.39. The van der Waals surface area contributed by atoms with Crippen LogP contribution in [-0.4, -0.2) is 26.9 Å². The standard InChI is InChI=1S/C16H14FN3O2/c17-13-3-1-11(2-4-13)15(21)9-19-16(22)12-5-6-20-10-18-8-14(20)7-12/h1-8,10,15,21H,9H2,(H,19,22). The fraction of sp³-hybridized carbons (Fsp3) is 0.125. The van der Waals surface area contributed by atoms with Crippen LogP contribution in [0.1, 0.15) is 22.0 Å². The zero-order valence-corrected chi connectivity index (χ0v) is 11.6. The fourth-order valence-corrected chi connectivity index (χ4v) is 2.15. The maximum atomic E-state index is 12.8. The first kappa shape index (κ1) is 14.2. The van der Waals surface area contributed by atoms with Crippen LogP contribution in [0.2, 0.25) is 0 Å². The predicted octanol–water partition coefficient (Wildman–Crippen LogP) is 1.94. The van der Waals surface area contributed by atoms with Crippen molar-refractivity contribution in [1.29, 1.82) is 0 Å². The number of fused-ring (bicyclic) bond motifs is 1. The van der Waals surface area contributed by atoms with Crippen molar-refractivity contribution in [2.24, 2.45) is 0 Å². The zero-order valence-electron chi connectivity index (χ0n) is 11.6. The number of benzene rings is 1. The average molecular weight is 299 g/mol. The number of aliphatic hydroxyl groups is 1. The van der Waals surface area contributed by atoms with Crippen LogP contribution in [0, 0.1) is 5.82 Å². The molecular formula is C16H14FN3O2. The number of pyridine rings is 1. The predicted molar refractivity (Wildman–Crippen MR) is 78.9 cm³/mol. The summed E-state index contributed by atoms with van der Waals surface area (Å²) >= 11 is 0. The highest BCUT2D eigenvalue weighted by Gasteiger charge is 2.11. The van der Waals surface area contributed by atoms with Crippen LogP contribution in [0.4, 0.5) is 4.39 Å². The van der Waals surface area contributed by atoms with Crippen molar-refractivity contribution in [2.75, 3.05) is 6.54 Å². The molecule has 1 aromatic carbocycles. The van der Waals surface area contributed by atoms with Gasteiger partial charge in [0.05, 0.1) is 24.1 Å². The highest BCUT2D eigenvalue weighted by atomic mass is 19.1. The van der Waals surface area contributed by atoms with Gasteiger partial charge in [0.15, 0.2) is 0 Å². The van der Waals surface area contributed by atoms with E-state index in [0.717, 1.165) is 5.52 Å². The zero-order chi connectivity index (χ0) is 15.5. The smallest absolute Gasteiger partial charge is 0.251 e. The van der Waals surface area contributed by atoms with Crippen LogP contribution in [0.5, 0.6) is 0 Å². The largest absolute Gasteiger partial charge is 0.387 e. The lowest BCUT2D eigenvalue weighted by atomic mass is 10.1. The Balaban J connectivity index is 1.65. The minimum absolute atomic E-state index is 0.0505. The number of nitrogens with zero attached hydrogens (tertiary/aromatic N) is 2. The summed E-state index contributed by atoms with van der Waals surface area (Å²) in [6, 6.07) is 8.91. The number of amides is 1. The number of aliphatic hydroxyl groups excluding tert-OH is 1. The number of hydrogen-bond acceptors (Lipinski definition) is 3. The van der Waals surface area contributed by atoms with Crippen LogP contribution in [0.25, 0.3) is 5.52 Å². The van der Waals surface area contributed by atoms with Gasteiger partial charge in [-0.05, 0) is 29.8 Å². The number of aromatic nitrogens is 2. The van der Waals surface area contributed by atoms with Crippen molar-refractivity contribution < 1.29 is 14.3 Å². The Bertz CT molecular complexity index is 799. The van der Waals surface area contributed by atoms with Gasteiger partial charge >= 0.3 is 0 Å². The molecule has 0 aliphatic rings. The van der Waals surface area contributed by atoms with E-state index < -0.39 is 6.10 Å². The Kier molecular flexibility index (Phi) is 3.84. The highest BCUT2D eigenvalue weighted by molar-refractivity contribution is 5.95. The van der Waals surface area contributed by atoms with E-state index in [1.807, 2.05) is 0 Å². The van der Waals surface area contributed by atoms with Crippen LogP contribution in [-0.2, 0) is 0 Å². The highest BCUT2D eigenvalue weighted by Crippen LogP contribution is 2.13. The maximum absolute atomic E-state index is 12.8. The number of imidazole rings is 1. The van der Waals surface area contributed by atoms with Crippen molar-refractivity contribution in [1.82, 2.24) is 14.7 Å². The molecule has 0 fully saturated rings. The summed E-state index contributed by atoms with van der Waals surface area (Å²) in [6.45, 7) is 0.0505. The van der Waals surface area contributed by atoms with Gasteiger partial charge in [0.2, 0.25) is 0 Å². The van der Waals surface area contributed by atoms with E-state index in [-0.39, 0.29) is 18.3 Å². The van der Waals surface area contributed by atoms with E-state index in [4.69, 9.17) is 0 Å². The molecule has 1 unspecified atom stereocenters. The molecule has 0 saturated heterocycles. The quantitative estimate of drug-likeness (QED) is 0.773. The van der Waals surface area contributed by atoms with E-state index in [1.165, 1.54) is 24.3 Å². The van der Waals surface area contributed by atoms with Gasteiger partial charge in [0, 0.05) is 18.3 Å². The molecule has 1 amide bonds. The first-order chi connectivity index (χ1) is 10.6. The fourth-order valence-electron chi connectivity index (χ4n) is 2.15. The van der Waals surface area contributed by atoms with Crippen molar-refractivity contribution in [3.05, 3.63) is 72.1 Å². The molecule has 112 valence electrons. The van der Waals surface area contributed by atoms with Gasteiger partial charge in [-0.3, -0.25) is 4.79 Å². The first-order valence-corrected chi connectivity index (χ1v) is 6.77. The van der Waals surface area contributed by atoms with Gasteiger partial charge in [-0.15, -0.1) is 0 Å². The van der Waals surface area contributed by atoms with Crippen LogP contribution in [0.3, 0.4) is 0 Å². The minimum atomic E-state index is -0.886. The van der Waals surface area contributed by atoms with Crippen molar-refractivity contribution >= 4 is 11.4 Å². The first-order valence-electron chi connectivity index (χ1n) is 6.77. The van der Waals surface area contributed by atoms with Gasteiger partial charge in [-0.25, -0.2) is 9.37 Å². The van der Waals surface area contributed by atoms with Crippen LogP contribution < -0.4 is 5.32 Å². The van der Waals surface area contributed by atoms with Crippen molar-refractivity contribution in [2.45, 2.75) is 6.10 Å². The average Bonchev–Trinajstić information content (AvgIpc) is 3.00. The molecule has 3 rings (SSSR count). The minimum Gasteiger partial charge on any atom is -0.387 e. The number of carbonyl (C=O) groups is 1. The molecule has 0 aliphatic heterocycles. The Morgan fingerprint density at radius 2 is 2.09 bits per heavy atom. The van der Waals surface area contributed by atoms with E-state index >= 15 is 0 Å². The lowest BCUT2D eigenvalue weighted by Crippen LogP contribution is -2.28. The summed E-state index contributed by atoms with van der Waals surface area (Å²) in [5.74, 6) is -0.654. The van der Waals surface area contributed by atoms with Crippen molar-refractivity contribution in [3.8, 4) is 0 Å². The monoisotopic (exact) mass is 299 g/mol. The van der Waals surface area contributed by atoms with E-state index in [2.05, 4.69) is 10.3 Å². The number of carbonyl (C=O) groups excluding carboxylic acids is 1. The molecule has 2 aromatic heterocycles. The molecule has 2 N–H and O–H groups in total. The summed E-state index contributed by atoms with van der Waals surface area (Å²) in [5.41, 5.74) is 1.85.